The number of anilines is 1. The molecule has 7 heteroatoms. The van der Waals surface area contributed by atoms with Gasteiger partial charge >= 0.3 is 0 Å². The van der Waals surface area contributed by atoms with Crippen LogP contribution in [0.4, 0.5) is 5.69 Å². The lowest BCUT2D eigenvalue weighted by Gasteiger charge is -2.42. The number of amides is 2. The number of methoxy groups -OCH3 is 1. The Morgan fingerprint density at radius 1 is 1.00 bits per heavy atom. The van der Waals surface area contributed by atoms with Gasteiger partial charge in [-0.25, -0.2) is 0 Å². The Morgan fingerprint density at radius 3 is 2.44 bits per heavy atom. The quantitative estimate of drug-likeness (QED) is 0.357. The summed E-state index contributed by atoms with van der Waals surface area (Å²) in [4.78, 5) is 55.7. The average Bonchev–Trinajstić information content (AvgIpc) is 3.20. The van der Waals surface area contributed by atoms with Gasteiger partial charge in [0.1, 0.15) is 11.5 Å². The van der Waals surface area contributed by atoms with E-state index in [2.05, 4.69) is 0 Å². The minimum Gasteiger partial charge on any atom is -0.508 e. The summed E-state index contributed by atoms with van der Waals surface area (Å²) in [6, 6.07) is 12.2. The highest BCUT2D eigenvalue weighted by atomic mass is 16.5. The number of imide groups is 1. The second-order valence-corrected chi connectivity index (χ2v) is 10.7. The third kappa shape index (κ3) is 3.71. The van der Waals surface area contributed by atoms with Gasteiger partial charge in [0.15, 0.2) is 11.6 Å². The number of phenolic OH excluding ortho intramolecular Hbond substituents is 1. The number of Topliss-reactive ketones (excluding diaryl/α,β-unsaturated/α-hetero) is 1. The molecule has 4 aliphatic rings. The fourth-order valence-electron chi connectivity index (χ4n) is 6.81. The maximum Gasteiger partial charge on any atom is 0.238 e. The van der Waals surface area contributed by atoms with Crippen LogP contribution in [0.2, 0.25) is 0 Å². The number of ketones is 2. The molecule has 2 amide bonds. The third-order valence-electron chi connectivity index (χ3n) is 8.69. The summed E-state index contributed by atoms with van der Waals surface area (Å²) in [6.07, 6.45) is 4.78. The number of fused-ring (bicyclic) bond motifs is 3. The van der Waals surface area contributed by atoms with Crippen molar-refractivity contribution in [2.75, 3.05) is 12.0 Å². The summed E-state index contributed by atoms with van der Waals surface area (Å²) in [5.41, 5.74) is 4.29. The first-order valence-corrected chi connectivity index (χ1v) is 13.3. The van der Waals surface area contributed by atoms with E-state index in [9.17, 15) is 24.3 Å². The molecule has 2 aromatic rings. The maximum atomic E-state index is 14.0. The topological polar surface area (TPSA) is 101 Å². The zero-order chi connectivity index (χ0) is 27.6. The molecule has 0 spiro atoms. The Balaban J connectivity index is 1.48. The van der Waals surface area contributed by atoms with Crippen LogP contribution in [-0.2, 0) is 25.6 Å². The fourth-order valence-corrected chi connectivity index (χ4v) is 6.81. The molecule has 1 saturated heterocycles. The molecule has 0 bridgehead atoms. The number of benzene rings is 2. The van der Waals surface area contributed by atoms with Crippen LogP contribution in [0.3, 0.4) is 0 Å². The number of aryl methyl sites for hydroxylation is 1. The predicted molar refractivity (Wildman–Crippen MR) is 144 cm³/mol. The second-order valence-electron chi connectivity index (χ2n) is 10.7. The number of carbonyl (C=O) groups is 4. The SMILES string of the molecule is CCc1ccc(N2C(=O)C3CC=C4C(c5ccc(O)cc5OC)C5=C(CC4C3C2=O)C(=O)C(C)=CC5=O)cc1. The number of allylic oxidation sites excluding steroid dienone is 6. The summed E-state index contributed by atoms with van der Waals surface area (Å²) in [7, 11) is 1.48. The molecule has 0 saturated carbocycles. The summed E-state index contributed by atoms with van der Waals surface area (Å²) < 4.78 is 5.59. The lowest BCUT2D eigenvalue weighted by molar-refractivity contribution is -0.123. The van der Waals surface area contributed by atoms with E-state index in [1.54, 1.807) is 13.0 Å². The molecule has 0 aromatic heterocycles. The van der Waals surface area contributed by atoms with E-state index in [4.69, 9.17) is 4.74 Å². The summed E-state index contributed by atoms with van der Waals surface area (Å²) in [5.74, 6) is -2.79. The van der Waals surface area contributed by atoms with Crippen LogP contribution in [0.1, 0.15) is 43.7 Å². The van der Waals surface area contributed by atoms with Gasteiger partial charge in [0.25, 0.3) is 0 Å². The lowest BCUT2D eigenvalue weighted by atomic mass is 9.59. The molecule has 2 aromatic carbocycles. The third-order valence-corrected chi connectivity index (χ3v) is 8.69. The van der Waals surface area contributed by atoms with Crippen LogP contribution < -0.4 is 9.64 Å². The highest BCUT2D eigenvalue weighted by molar-refractivity contribution is 6.25. The highest BCUT2D eigenvalue weighted by Gasteiger charge is 2.56. The van der Waals surface area contributed by atoms with Crippen molar-refractivity contribution in [3.05, 3.63) is 88.0 Å². The van der Waals surface area contributed by atoms with Crippen molar-refractivity contribution in [3.8, 4) is 11.5 Å². The van der Waals surface area contributed by atoms with Crippen molar-refractivity contribution >= 4 is 29.1 Å². The molecule has 1 aliphatic heterocycles. The Morgan fingerprint density at radius 2 is 1.74 bits per heavy atom. The maximum absolute atomic E-state index is 14.0. The smallest absolute Gasteiger partial charge is 0.238 e. The normalized spacial score (nSPS) is 26.2. The molecule has 1 fully saturated rings. The molecule has 1 heterocycles. The first kappa shape index (κ1) is 25.0. The first-order chi connectivity index (χ1) is 18.7. The van der Waals surface area contributed by atoms with Gasteiger partial charge in [-0.05, 0) is 61.9 Å². The molecule has 6 rings (SSSR count). The number of nitrogens with zero attached hydrogens (tertiary/aromatic N) is 1. The van der Waals surface area contributed by atoms with E-state index in [-0.39, 0.29) is 35.6 Å². The van der Waals surface area contributed by atoms with Crippen molar-refractivity contribution in [3.63, 3.8) is 0 Å². The van der Waals surface area contributed by atoms with Crippen LogP contribution in [0.5, 0.6) is 11.5 Å². The Hall–Kier alpha value is -4.26. The second kappa shape index (κ2) is 9.19. The van der Waals surface area contributed by atoms with Crippen LogP contribution in [0.15, 0.2) is 76.9 Å². The van der Waals surface area contributed by atoms with Gasteiger partial charge in [0.05, 0.1) is 24.6 Å². The monoisotopic (exact) mass is 523 g/mol. The van der Waals surface area contributed by atoms with Gasteiger partial charge in [0.2, 0.25) is 11.8 Å². The molecule has 7 nitrogen and oxygen atoms in total. The number of ether oxygens (including phenoxy) is 1. The van der Waals surface area contributed by atoms with Gasteiger partial charge in [-0.3, -0.25) is 24.1 Å². The molecular formula is C32H29NO6. The molecule has 3 aliphatic carbocycles. The number of hydrogen-bond donors (Lipinski definition) is 1. The average molecular weight is 524 g/mol. The van der Waals surface area contributed by atoms with E-state index < -0.39 is 23.7 Å². The molecule has 0 radical (unpaired) electrons. The Kier molecular flexibility index (Phi) is 5.90. The van der Waals surface area contributed by atoms with Crippen molar-refractivity contribution in [2.24, 2.45) is 17.8 Å². The van der Waals surface area contributed by atoms with Gasteiger partial charge in [-0.2, -0.15) is 0 Å². The minimum atomic E-state index is -0.642. The fraction of sp³-hybridized carbons (Fsp3) is 0.312. The first-order valence-electron chi connectivity index (χ1n) is 13.3. The van der Waals surface area contributed by atoms with E-state index in [0.29, 0.717) is 40.1 Å². The van der Waals surface area contributed by atoms with E-state index in [1.165, 1.54) is 30.2 Å². The highest BCUT2D eigenvalue weighted by Crippen LogP contribution is 2.56. The van der Waals surface area contributed by atoms with Gasteiger partial charge in [0, 0.05) is 34.3 Å². The predicted octanol–water partition coefficient (Wildman–Crippen LogP) is 4.60. The molecule has 4 atom stereocenters. The van der Waals surface area contributed by atoms with Crippen LogP contribution in [-0.4, -0.2) is 35.6 Å². The molecule has 39 heavy (non-hydrogen) atoms. The summed E-state index contributed by atoms with van der Waals surface area (Å²) in [6.45, 7) is 3.67. The Bertz CT molecular complexity index is 1540. The van der Waals surface area contributed by atoms with E-state index in [0.717, 1.165) is 17.6 Å². The largest absolute Gasteiger partial charge is 0.508 e. The van der Waals surface area contributed by atoms with E-state index in [1.807, 2.05) is 37.3 Å². The zero-order valence-electron chi connectivity index (χ0n) is 22.1. The van der Waals surface area contributed by atoms with Crippen molar-refractivity contribution in [2.45, 2.75) is 39.0 Å². The van der Waals surface area contributed by atoms with Gasteiger partial charge in [-0.15, -0.1) is 0 Å². The molecular weight excluding hydrogens is 494 g/mol. The zero-order valence-corrected chi connectivity index (χ0v) is 22.1. The standard InChI is InChI=1S/C32H29NO6/c1-4-17-5-7-18(8-6-17)33-31(37)22-12-11-20-23(28(22)32(33)38)15-24-29(25(35)13-16(2)30(24)36)27(20)21-10-9-19(34)14-26(21)39-3/h5-11,13-14,22-23,27-28,34H,4,12,15H2,1-3H3. The van der Waals surface area contributed by atoms with Crippen molar-refractivity contribution in [1.82, 2.24) is 0 Å². The van der Waals surface area contributed by atoms with Crippen molar-refractivity contribution in [1.29, 1.82) is 0 Å². The van der Waals surface area contributed by atoms with Gasteiger partial charge in [-0.1, -0.05) is 36.8 Å². The lowest BCUT2D eigenvalue weighted by Crippen LogP contribution is -2.39. The van der Waals surface area contributed by atoms with Crippen LogP contribution in [0, 0.1) is 17.8 Å². The van der Waals surface area contributed by atoms with E-state index >= 15 is 0 Å². The number of phenols is 1. The number of hydrogen-bond acceptors (Lipinski definition) is 6. The summed E-state index contributed by atoms with van der Waals surface area (Å²) >= 11 is 0. The van der Waals surface area contributed by atoms with Crippen LogP contribution >= 0.6 is 0 Å². The van der Waals surface area contributed by atoms with Crippen molar-refractivity contribution < 1.29 is 29.0 Å². The number of carbonyl (C=O) groups excluding carboxylic acids is 4. The van der Waals surface area contributed by atoms with Gasteiger partial charge < -0.3 is 9.84 Å². The number of rotatable bonds is 4. The molecule has 1 N–H and O–H groups in total. The molecule has 4 unspecified atom stereocenters. The Labute approximate surface area is 226 Å². The number of aromatic hydroxyl groups is 1. The minimum absolute atomic E-state index is 0.0120. The molecule has 198 valence electrons. The summed E-state index contributed by atoms with van der Waals surface area (Å²) in [5, 5.41) is 10.1. The van der Waals surface area contributed by atoms with Crippen LogP contribution in [0.25, 0.3) is 0 Å².